The number of benzene rings is 1. The van der Waals surface area contributed by atoms with Crippen molar-refractivity contribution in [2.45, 2.75) is 33.1 Å². The fourth-order valence-corrected chi connectivity index (χ4v) is 1.91. The zero-order valence-corrected chi connectivity index (χ0v) is 15.6. The molecule has 0 aliphatic rings. The number of hydrogen-bond acceptors (Lipinski definition) is 1. The second-order valence-electron chi connectivity index (χ2n) is 4.89. The van der Waals surface area contributed by atoms with Gasteiger partial charge in [-0.05, 0) is 37.5 Å². The van der Waals surface area contributed by atoms with E-state index in [1.54, 1.807) is 0 Å². The third-order valence-corrected chi connectivity index (χ3v) is 3.12. The number of guanidine groups is 1. The highest BCUT2D eigenvalue weighted by molar-refractivity contribution is 14.0. The van der Waals surface area contributed by atoms with Crippen LogP contribution in [0.15, 0.2) is 29.3 Å². The summed E-state index contributed by atoms with van der Waals surface area (Å²) in [5, 5.41) is 3.30. The molecule has 0 heterocycles. The monoisotopic (exact) mass is 407 g/mol. The third-order valence-electron chi connectivity index (χ3n) is 3.12. The van der Waals surface area contributed by atoms with E-state index in [0.717, 1.165) is 31.0 Å². The van der Waals surface area contributed by atoms with Gasteiger partial charge >= 0.3 is 0 Å². The van der Waals surface area contributed by atoms with Gasteiger partial charge in [0, 0.05) is 26.7 Å². The Kier molecular flexibility index (Phi) is 11.3. The Morgan fingerprint density at radius 3 is 2.48 bits per heavy atom. The van der Waals surface area contributed by atoms with E-state index in [4.69, 9.17) is 0 Å². The second kappa shape index (κ2) is 11.8. The lowest BCUT2D eigenvalue weighted by molar-refractivity contribution is 0.465. The molecule has 120 valence electrons. The van der Waals surface area contributed by atoms with Crippen LogP contribution in [-0.2, 0) is 6.42 Å². The lowest BCUT2D eigenvalue weighted by atomic mass is 10.1. The first-order chi connectivity index (χ1) is 9.67. The van der Waals surface area contributed by atoms with Crippen molar-refractivity contribution in [3.8, 4) is 0 Å². The van der Waals surface area contributed by atoms with Crippen LogP contribution in [0.2, 0.25) is 0 Å². The minimum atomic E-state index is -0.190. The number of halogens is 2. The largest absolute Gasteiger partial charge is 0.357 e. The maximum Gasteiger partial charge on any atom is 0.193 e. The van der Waals surface area contributed by atoms with Crippen LogP contribution in [0.25, 0.3) is 0 Å². The molecule has 0 spiro atoms. The smallest absolute Gasteiger partial charge is 0.193 e. The second-order valence-corrected chi connectivity index (χ2v) is 4.89. The third kappa shape index (κ3) is 8.24. The topological polar surface area (TPSA) is 27.6 Å². The van der Waals surface area contributed by atoms with Crippen LogP contribution in [0, 0.1) is 5.82 Å². The van der Waals surface area contributed by atoms with Crippen LogP contribution in [0.4, 0.5) is 4.39 Å². The van der Waals surface area contributed by atoms with Crippen molar-refractivity contribution in [2.75, 3.05) is 26.7 Å². The van der Waals surface area contributed by atoms with E-state index in [9.17, 15) is 4.39 Å². The van der Waals surface area contributed by atoms with Crippen LogP contribution < -0.4 is 5.32 Å². The molecule has 0 fully saturated rings. The van der Waals surface area contributed by atoms with Crippen LogP contribution in [0.3, 0.4) is 0 Å². The minimum absolute atomic E-state index is 0. The van der Waals surface area contributed by atoms with Gasteiger partial charge in [-0.2, -0.15) is 0 Å². The SMILES string of the molecule is CCCCN(C)C(=NCCc1ccc(F)cc1)NCC.I. The summed E-state index contributed by atoms with van der Waals surface area (Å²) in [4.78, 5) is 6.79. The molecule has 0 atom stereocenters. The van der Waals surface area contributed by atoms with E-state index >= 15 is 0 Å². The fraction of sp³-hybridized carbons (Fsp3) is 0.562. The molecule has 0 aromatic heterocycles. The van der Waals surface area contributed by atoms with Gasteiger partial charge in [-0.25, -0.2) is 4.39 Å². The van der Waals surface area contributed by atoms with Gasteiger partial charge in [-0.1, -0.05) is 25.5 Å². The molecular weight excluding hydrogens is 380 g/mol. The molecule has 1 rings (SSSR count). The first-order valence-electron chi connectivity index (χ1n) is 7.41. The summed E-state index contributed by atoms with van der Waals surface area (Å²) in [5.41, 5.74) is 1.11. The number of nitrogens with one attached hydrogen (secondary N) is 1. The van der Waals surface area contributed by atoms with Crippen LogP contribution >= 0.6 is 24.0 Å². The van der Waals surface area contributed by atoms with Crippen molar-refractivity contribution in [3.63, 3.8) is 0 Å². The van der Waals surface area contributed by atoms with Crippen LogP contribution in [0.5, 0.6) is 0 Å². The molecule has 5 heteroatoms. The van der Waals surface area contributed by atoms with Crippen molar-refractivity contribution in [2.24, 2.45) is 4.99 Å². The Morgan fingerprint density at radius 2 is 1.90 bits per heavy atom. The number of hydrogen-bond donors (Lipinski definition) is 1. The Balaban J connectivity index is 0.00000400. The Hall–Kier alpha value is -0.850. The van der Waals surface area contributed by atoms with Gasteiger partial charge < -0.3 is 10.2 Å². The average molecular weight is 407 g/mol. The summed E-state index contributed by atoms with van der Waals surface area (Å²) in [7, 11) is 2.06. The first-order valence-corrected chi connectivity index (χ1v) is 7.41. The predicted molar refractivity (Wildman–Crippen MR) is 99.0 cm³/mol. The van der Waals surface area contributed by atoms with Crippen LogP contribution in [0.1, 0.15) is 32.3 Å². The standard InChI is InChI=1S/C16H26FN3.HI/c1-4-6-13-20(3)16(18-5-2)19-12-11-14-7-9-15(17)10-8-14;/h7-10H,4-6,11-13H2,1-3H3,(H,18,19);1H. The van der Waals surface area contributed by atoms with E-state index in [-0.39, 0.29) is 29.8 Å². The maximum absolute atomic E-state index is 12.8. The molecule has 0 bridgehead atoms. The molecule has 1 aromatic rings. The van der Waals surface area contributed by atoms with E-state index in [2.05, 4.69) is 36.1 Å². The number of rotatable bonds is 7. The highest BCUT2D eigenvalue weighted by atomic mass is 127. The average Bonchev–Trinajstić information content (AvgIpc) is 2.46. The van der Waals surface area contributed by atoms with Crippen LogP contribution in [-0.4, -0.2) is 37.5 Å². The molecule has 0 amide bonds. The Morgan fingerprint density at radius 1 is 1.24 bits per heavy atom. The van der Waals surface area contributed by atoms with E-state index < -0.39 is 0 Å². The molecule has 21 heavy (non-hydrogen) atoms. The van der Waals surface area contributed by atoms with E-state index in [1.165, 1.54) is 25.0 Å². The minimum Gasteiger partial charge on any atom is -0.357 e. The summed E-state index contributed by atoms with van der Waals surface area (Å²) in [5.74, 6) is 0.757. The number of aliphatic imine (C=N–C) groups is 1. The van der Waals surface area contributed by atoms with Gasteiger partial charge in [-0.3, -0.25) is 4.99 Å². The Bertz CT molecular complexity index is 406. The normalized spacial score (nSPS) is 11.0. The Labute approximate surface area is 145 Å². The number of nitrogens with zero attached hydrogens (tertiary/aromatic N) is 2. The van der Waals surface area contributed by atoms with Gasteiger partial charge in [0.05, 0.1) is 0 Å². The molecular formula is C16H27FIN3. The van der Waals surface area contributed by atoms with Gasteiger partial charge in [0.15, 0.2) is 5.96 Å². The van der Waals surface area contributed by atoms with Crippen molar-refractivity contribution < 1.29 is 4.39 Å². The molecule has 1 N–H and O–H groups in total. The summed E-state index contributed by atoms with van der Waals surface area (Å²) >= 11 is 0. The lowest BCUT2D eigenvalue weighted by Crippen LogP contribution is -2.39. The molecule has 0 saturated heterocycles. The zero-order chi connectivity index (χ0) is 14.8. The molecule has 1 aromatic carbocycles. The van der Waals surface area contributed by atoms with Gasteiger partial charge in [0.25, 0.3) is 0 Å². The summed E-state index contributed by atoms with van der Waals surface area (Å²) in [6.07, 6.45) is 3.18. The van der Waals surface area contributed by atoms with Gasteiger partial charge in [0.1, 0.15) is 5.82 Å². The number of unbranched alkanes of at least 4 members (excludes halogenated alkanes) is 1. The molecule has 0 saturated carbocycles. The first kappa shape index (κ1) is 20.1. The van der Waals surface area contributed by atoms with Crippen molar-refractivity contribution >= 4 is 29.9 Å². The lowest BCUT2D eigenvalue weighted by Gasteiger charge is -2.21. The quantitative estimate of drug-likeness (QED) is 0.424. The highest BCUT2D eigenvalue weighted by Crippen LogP contribution is 2.03. The summed E-state index contributed by atoms with van der Waals surface area (Å²) in [6.45, 7) is 6.85. The molecule has 0 radical (unpaired) electrons. The van der Waals surface area contributed by atoms with Crippen molar-refractivity contribution in [1.29, 1.82) is 0 Å². The summed E-state index contributed by atoms with van der Waals surface area (Å²) in [6, 6.07) is 6.63. The van der Waals surface area contributed by atoms with Crippen molar-refractivity contribution in [1.82, 2.24) is 10.2 Å². The molecule has 0 unspecified atom stereocenters. The maximum atomic E-state index is 12.8. The van der Waals surface area contributed by atoms with Crippen molar-refractivity contribution in [3.05, 3.63) is 35.6 Å². The molecule has 0 aliphatic carbocycles. The summed E-state index contributed by atoms with van der Waals surface area (Å²) < 4.78 is 12.8. The van der Waals surface area contributed by atoms with Gasteiger partial charge in [-0.15, -0.1) is 24.0 Å². The predicted octanol–water partition coefficient (Wildman–Crippen LogP) is 3.68. The highest BCUT2D eigenvalue weighted by Gasteiger charge is 2.04. The van der Waals surface area contributed by atoms with E-state index in [0.29, 0.717) is 6.54 Å². The van der Waals surface area contributed by atoms with Gasteiger partial charge in [0.2, 0.25) is 0 Å². The molecule has 3 nitrogen and oxygen atoms in total. The zero-order valence-electron chi connectivity index (χ0n) is 13.2. The van der Waals surface area contributed by atoms with E-state index in [1.807, 2.05) is 12.1 Å². The molecule has 0 aliphatic heterocycles. The fourth-order valence-electron chi connectivity index (χ4n) is 1.91.